The second kappa shape index (κ2) is 9.18. The van der Waals surface area contributed by atoms with Gasteiger partial charge in [-0.3, -0.25) is 14.2 Å². The molecule has 2 N–H and O–H groups in total. The molecule has 0 saturated heterocycles. The van der Waals surface area contributed by atoms with Crippen LogP contribution in [0.4, 0.5) is 5.69 Å². The summed E-state index contributed by atoms with van der Waals surface area (Å²) in [5, 5.41) is 12.5. The third-order valence-electron chi connectivity index (χ3n) is 4.03. The van der Waals surface area contributed by atoms with Crippen LogP contribution in [-0.2, 0) is 11.3 Å². The van der Waals surface area contributed by atoms with Crippen molar-refractivity contribution in [2.24, 2.45) is 0 Å². The molecule has 1 amide bonds. The quantitative estimate of drug-likeness (QED) is 0.348. The number of carbonyl (C=O) groups is 1. The Hall–Kier alpha value is -2.42. The molecule has 146 valence electrons. The van der Waals surface area contributed by atoms with Crippen LogP contribution in [0, 0.1) is 0 Å². The zero-order valence-corrected chi connectivity index (χ0v) is 16.7. The average Bonchev–Trinajstić information content (AvgIpc) is 2.69. The number of hydrogen-bond acceptors (Lipinski definition) is 6. The molecule has 0 aliphatic carbocycles. The first-order chi connectivity index (χ1) is 13.5. The number of thioether (sulfide) groups is 1. The largest absolute Gasteiger partial charge is 0.396 e. The van der Waals surface area contributed by atoms with Gasteiger partial charge < -0.3 is 10.4 Å². The van der Waals surface area contributed by atoms with Gasteiger partial charge in [0.2, 0.25) is 5.91 Å². The first kappa shape index (κ1) is 20.3. The summed E-state index contributed by atoms with van der Waals surface area (Å²) in [6.45, 7) is 2.00. The van der Waals surface area contributed by atoms with Crippen LogP contribution in [0.3, 0.4) is 0 Å². The van der Waals surface area contributed by atoms with E-state index in [0.29, 0.717) is 34.7 Å². The molecule has 1 aromatic carbocycles. The molecule has 0 fully saturated rings. The highest BCUT2D eigenvalue weighted by molar-refractivity contribution is 8.00. The number of amides is 1. The van der Waals surface area contributed by atoms with Crippen LogP contribution in [0.1, 0.15) is 13.3 Å². The second-order valence-electron chi connectivity index (χ2n) is 6.04. The van der Waals surface area contributed by atoms with Gasteiger partial charge in [0.05, 0.1) is 21.8 Å². The fourth-order valence-electron chi connectivity index (χ4n) is 2.59. The molecule has 9 heteroatoms. The van der Waals surface area contributed by atoms with Crippen molar-refractivity contribution in [3.8, 4) is 0 Å². The lowest BCUT2D eigenvalue weighted by Crippen LogP contribution is -2.27. The molecule has 0 spiro atoms. The van der Waals surface area contributed by atoms with Crippen LogP contribution in [-0.4, -0.2) is 37.4 Å². The Morgan fingerprint density at radius 2 is 2.11 bits per heavy atom. The average molecular weight is 419 g/mol. The number of aliphatic hydroxyl groups excluding tert-OH is 1. The maximum atomic E-state index is 12.8. The molecule has 0 aliphatic heterocycles. The third kappa shape index (κ3) is 4.52. The Labute approximate surface area is 170 Å². The van der Waals surface area contributed by atoms with Crippen molar-refractivity contribution in [1.82, 2.24) is 14.5 Å². The molecule has 0 saturated carbocycles. The number of halogens is 1. The Kier molecular flexibility index (Phi) is 6.66. The first-order valence-corrected chi connectivity index (χ1v) is 9.95. The lowest BCUT2D eigenvalue weighted by atomic mass is 10.2. The number of fused-ring (bicyclic) bond motifs is 1. The summed E-state index contributed by atoms with van der Waals surface area (Å²) in [5.41, 5.74) is 0.799. The molecular weight excluding hydrogens is 400 g/mol. The highest BCUT2D eigenvalue weighted by Crippen LogP contribution is 2.25. The minimum atomic E-state index is -0.537. The zero-order valence-electron chi connectivity index (χ0n) is 15.1. The van der Waals surface area contributed by atoms with E-state index >= 15 is 0 Å². The maximum absolute atomic E-state index is 12.8. The van der Waals surface area contributed by atoms with Crippen LogP contribution in [0.15, 0.2) is 52.5 Å². The van der Waals surface area contributed by atoms with Gasteiger partial charge in [-0.05, 0) is 37.6 Å². The van der Waals surface area contributed by atoms with E-state index in [0.717, 1.165) is 0 Å². The number of rotatable bonds is 7. The van der Waals surface area contributed by atoms with E-state index in [4.69, 9.17) is 16.7 Å². The number of aromatic nitrogens is 3. The lowest BCUT2D eigenvalue weighted by molar-refractivity contribution is -0.115. The number of hydrogen-bond donors (Lipinski definition) is 2. The van der Waals surface area contributed by atoms with Crippen molar-refractivity contribution >= 4 is 45.9 Å². The summed E-state index contributed by atoms with van der Waals surface area (Å²) >= 11 is 7.17. The number of nitrogens with one attached hydrogen (secondary N) is 1. The molecule has 2 aromatic heterocycles. The molecule has 2 heterocycles. The standard InChI is InChI=1S/C19H19ClN4O3S/c1-12(17(26)22-15-8-4-9-21-16(15)20)28-19-23-14-7-3-2-6-13(14)18(27)24(19)10-5-11-25/h2-4,6-9,12,25H,5,10-11H2,1H3,(H,22,26)/t12-/m0/s1. The number of benzene rings is 1. The summed E-state index contributed by atoms with van der Waals surface area (Å²) in [4.78, 5) is 33.9. The van der Waals surface area contributed by atoms with Crippen LogP contribution < -0.4 is 10.9 Å². The monoisotopic (exact) mass is 418 g/mol. The van der Waals surface area contributed by atoms with Crippen LogP contribution in [0.2, 0.25) is 5.15 Å². The molecule has 0 aliphatic rings. The second-order valence-corrected chi connectivity index (χ2v) is 7.70. The third-order valence-corrected chi connectivity index (χ3v) is 5.43. The number of pyridine rings is 1. The molecule has 0 bridgehead atoms. The van der Waals surface area contributed by atoms with Gasteiger partial charge in [-0.1, -0.05) is 35.5 Å². The molecule has 0 unspecified atom stereocenters. The number of anilines is 1. The normalized spacial score (nSPS) is 12.1. The molecule has 7 nitrogen and oxygen atoms in total. The highest BCUT2D eigenvalue weighted by atomic mass is 35.5. The SMILES string of the molecule is C[C@H](Sc1nc2ccccc2c(=O)n1CCCO)C(=O)Nc1cccnc1Cl. The topological polar surface area (TPSA) is 97.1 Å². The highest BCUT2D eigenvalue weighted by Gasteiger charge is 2.20. The number of nitrogens with zero attached hydrogens (tertiary/aromatic N) is 3. The van der Waals surface area contributed by atoms with Gasteiger partial charge >= 0.3 is 0 Å². The van der Waals surface area contributed by atoms with E-state index in [-0.39, 0.29) is 23.2 Å². The van der Waals surface area contributed by atoms with E-state index in [2.05, 4.69) is 15.3 Å². The maximum Gasteiger partial charge on any atom is 0.262 e. The fourth-order valence-corrected chi connectivity index (χ4v) is 3.69. The smallest absolute Gasteiger partial charge is 0.262 e. The molecule has 3 rings (SSSR count). The summed E-state index contributed by atoms with van der Waals surface area (Å²) in [7, 11) is 0. The minimum Gasteiger partial charge on any atom is -0.396 e. The molecular formula is C19H19ClN4O3S. The van der Waals surface area contributed by atoms with Gasteiger partial charge in [-0.25, -0.2) is 9.97 Å². The van der Waals surface area contributed by atoms with Gasteiger partial charge in [0, 0.05) is 19.3 Å². The van der Waals surface area contributed by atoms with Gasteiger partial charge in [-0.15, -0.1) is 0 Å². The van der Waals surface area contributed by atoms with Gasteiger partial charge in [-0.2, -0.15) is 0 Å². The van der Waals surface area contributed by atoms with Crippen LogP contribution in [0.5, 0.6) is 0 Å². The predicted molar refractivity (Wildman–Crippen MR) is 111 cm³/mol. The Morgan fingerprint density at radius 3 is 2.86 bits per heavy atom. The van der Waals surface area contributed by atoms with E-state index in [9.17, 15) is 9.59 Å². The minimum absolute atomic E-state index is 0.0427. The van der Waals surface area contributed by atoms with Crippen molar-refractivity contribution < 1.29 is 9.90 Å². The van der Waals surface area contributed by atoms with Gasteiger partial charge in [0.15, 0.2) is 10.3 Å². The van der Waals surface area contributed by atoms with Crippen molar-refractivity contribution in [2.75, 3.05) is 11.9 Å². The Morgan fingerprint density at radius 1 is 1.32 bits per heavy atom. The van der Waals surface area contributed by atoms with Crippen molar-refractivity contribution in [3.05, 3.63) is 58.1 Å². The van der Waals surface area contributed by atoms with Gasteiger partial charge in [0.25, 0.3) is 5.56 Å². The summed E-state index contributed by atoms with van der Waals surface area (Å²) in [6, 6.07) is 10.4. The van der Waals surface area contributed by atoms with E-state index in [1.807, 2.05) is 6.07 Å². The molecule has 1 atom stereocenters. The zero-order chi connectivity index (χ0) is 20.1. The van der Waals surface area contributed by atoms with Gasteiger partial charge in [0.1, 0.15) is 0 Å². The molecule has 3 aromatic rings. The van der Waals surface area contributed by atoms with Crippen LogP contribution >= 0.6 is 23.4 Å². The molecule has 0 radical (unpaired) electrons. The lowest BCUT2D eigenvalue weighted by Gasteiger charge is -2.16. The van der Waals surface area contributed by atoms with E-state index < -0.39 is 5.25 Å². The van der Waals surface area contributed by atoms with Crippen LogP contribution in [0.25, 0.3) is 10.9 Å². The number of carbonyl (C=O) groups excluding carboxylic acids is 1. The summed E-state index contributed by atoms with van der Waals surface area (Å²) in [5.74, 6) is -0.281. The Bertz CT molecular complexity index is 1060. The van der Waals surface area contributed by atoms with E-state index in [1.165, 1.54) is 22.5 Å². The number of aliphatic hydroxyl groups is 1. The predicted octanol–water partition coefficient (Wildman–Crippen LogP) is 2.95. The summed E-state index contributed by atoms with van der Waals surface area (Å²) < 4.78 is 1.50. The fraction of sp³-hybridized carbons (Fsp3) is 0.263. The van der Waals surface area contributed by atoms with E-state index in [1.54, 1.807) is 37.3 Å². The first-order valence-electron chi connectivity index (χ1n) is 8.69. The van der Waals surface area contributed by atoms with Crippen molar-refractivity contribution in [1.29, 1.82) is 0 Å². The van der Waals surface area contributed by atoms with Crippen molar-refractivity contribution in [3.63, 3.8) is 0 Å². The van der Waals surface area contributed by atoms with Crippen molar-refractivity contribution in [2.45, 2.75) is 30.3 Å². The summed E-state index contributed by atoms with van der Waals surface area (Å²) in [6.07, 6.45) is 1.95. The number of para-hydroxylation sites is 1. The Balaban J connectivity index is 1.88. The molecule has 28 heavy (non-hydrogen) atoms.